The first-order valence-electron chi connectivity index (χ1n) is 16.7. The van der Waals surface area contributed by atoms with Crippen molar-refractivity contribution >= 4 is 12.6 Å². The molecule has 276 valence electrons. The van der Waals surface area contributed by atoms with Gasteiger partial charge in [-0.3, -0.25) is 28.9 Å². The van der Waals surface area contributed by atoms with Crippen LogP contribution >= 0.6 is 0 Å². The Labute approximate surface area is 310 Å². The molecule has 0 saturated carbocycles. The Morgan fingerprint density at radius 3 is 1.38 bits per heavy atom. The third-order valence-electron chi connectivity index (χ3n) is 8.04. The van der Waals surface area contributed by atoms with Crippen molar-refractivity contribution in [2.45, 2.75) is 60.4 Å². The minimum atomic E-state index is 0. The van der Waals surface area contributed by atoms with E-state index < -0.39 is 0 Å². The molecule has 0 aliphatic carbocycles. The van der Waals surface area contributed by atoms with Gasteiger partial charge in [-0.05, 0) is 88.4 Å². The number of hydrogen-bond acceptors (Lipinski definition) is 10. The molecule has 2 aromatic carbocycles. The second kappa shape index (κ2) is 18.8. The summed E-state index contributed by atoms with van der Waals surface area (Å²) in [4.78, 5) is 31.7. The summed E-state index contributed by atoms with van der Waals surface area (Å²) in [6.07, 6.45) is 8.55. The SMILES string of the molecule is C.COc1ccc(OCc2cccnc2-c2ccnn2C(C)C)c(C=O)c1.COc1ccc(OCc2cccnc2-c2ccnn2C(C)C)c(C=O)c1. The van der Waals surface area contributed by atoms with Gasteiger partial charge in [-0.25, -0.2) is 0 Å². The van der Waals surface area contributed by atoms with Gasteiger partial charge in [0.15, 0.2) is 12.6 Å². The summed E-state index contributed by atoms with van der Waals surface area (Å²) in [6.45, 7) is 8.87. The van der Waals surface area contributed by atoms with Crippen LogP contribution in [0.5, 0.6) is 23.0 Å². The van der Waals surface area contributed by atoms with E-state index in [1.807, 2.05) is 45.8 Å². The third-order valence-corrected chi connectivity index (χ3v) is 8.04. The zero-order valence-corrected chi connectivity index (χ0v) is 30.1. The molecule has 53 heavy (non-hydrogen) atoms. The fraction of sp³-hybridized carbons (Fsp3) is 0.268. The zero-order chi connectivity index (χ0) is 37.0. The summed E-state index contributed by atoms with van der Waals surface area (Å²) in [7, 11) is 3.12. The summed E-state index contributed by atoms with van der Waals surface area (Å²) in [5.74, 6) is 2.24. The fourth-order valence-electron chi connectivity index (χ4n) is 5.46. The van der Waals surface area contributed by atoms with Crippen molar-refractivity contribution in [3.63, 3.8) is 0 Å². The smallest absolute Gasteiger partial charge is 0.153 e. The number of aldehydes is 2. The highest BCUT2D eigenvalue weighted by Gasteiger charge is 2.16. The standard InChI is InChI=1S/2C20H21N3O3.CH4/c2*1-14(2)23-18(8-10-22-23)20-15(5-4-9-21-20)13-26-19-7-6-17(25-3)11-16(19)12-24;/h2*4-12,14H,13H2,1-3H3;1H4. The molecule has 0 spiro atoms. The van der Waals surface area contributed by atoms with Crippen molar-refractivity contribution < 1.29 is 28.5 Å². The Morgan fingerprint density at radius 1 is 0.604 bits per heavy atom. The molecule has 12 heteroatoms. The van der Waals surface area contributed by atoms with Gasteiger partial charge in [-0.15, -0.1) is 0 Å². The Morgan fingerprint density at radius 2 is 1.02 bits per heavy atom. The highest BCUT2D eigenvalue weighted by Crippen LogP contribution is 2.29. The predicted molar refractivity (Wildman–Crippen MR) is 204 cm³/mol. The van der Waals surface area contributed by atoms with Crippen molar-refractivity contribution in [2.75, 3.05) is 14.2 Å². The second-order valence-electron chi connectivity index (χ2n) is 12.2. The molecule has 0 amide bonds. The average molecular weight is 719 g/mol. The normalized spacial score (nSPS) is 10.6. The van der Waals surface area contributed by atoms with Crippen LogP contribution < -0.4 is 18.9 Å². The van der Waals surface area contributed by atoms with E-state index in [9.17, 15) is 9.59 Å². The molecule has 12 nitrogen and oxygen atoms in total. The van der Waals surface area contributed by atoms with E-state index >= 15 is 0 Å². The Hall–Kier alpha value is -6.30. The number of carbonyl (C=O) groups is 2. The van der Waals surface area contributed by atoms with E-state index in [1.54, 1.807) is 75.4 Å². The first-order valence-corrected chi connectivity index (χ1v) is 16.7. The Bertz CT molecular complexity index is 1960. The summed E-state index contributed by atoms with van der Waals surface area (Å²) in [5.41, 5.74) is 6.24. The molecule has 0 aliphatic heterocycles. The largest absolute Gasteiger partial charge is 0.497 e. The summed E-state index contributed by atoms with van der Waals surface area (Å²) in [6, 6.07) is 22.3. The molecule has 0 fully saturated rings. The molecule has 0 bridgehead atoms. The minimum Gasteiger partial charge on any atom is -0.497 e. The quantitative estimate of drug-likeness (QED) is 0.101. The number of methoxy groups -OCH3 is 2. The molecule has 4 heterocycles. The van der Waals surface area contributed by atoms with Crippen molar-refractivity contribution in [2.24, 2.45) is 0 Å². The lowest BCUT2D eigenvalue weighted by Gasteiger charge is -2.14. The van der Waals surface area contributed by atoms with E-state index in [0.717, 1.165) is 46.5 Å². The van der Waals surface area contributed by atoms with Crippen LogP contribution in [0.4, 0.5) is 0 Å². The predicted octanol–water partition coefficient (Wildman–Crippen LogP) is 8.49. The second-order valence-corrected chi connectivity index (χ2v) is 12.2. The van der Waals surface area contributed by atoms with Gasteiger partial charge in [0.05, 0.1) is 48.1 Å². The highest BCUT2D eigenvalue weighted by molar-refractivity contribution is 5.80. The van der Waals surface area contributed by atoms with E-state index in [4.69, 9.17) is 18.9 Å². The van der Waals surface area contributed by atoms with E-state index in [-0.39, 0.29) is 19.5 Å². The topological polar surface area (TPSA) is 132 Å². The first kappa shape index (κ1) is 39.5. The number of benzene rings is 2. The molecule has 0 aliphatic rings. The minimum absolute atomic E-state index is 0. The number of aromatic nitrogens is 6. The summed E-state index contributed by atoms with van der Waals surface area (Å²) < 4.78 is 25.9. The van der Waals surface area contributed by atoms with Crippen LogP contribution in [0.3, 0.4) is 0 Å². The van der Waals surface area contributed by atoms with Gasteiger partial charge in [-0.1, -0.05) is 19.6 Å². The van der Waals surface area contributed by atoms with Crippen molar-refractivity contribution in [3.05, 3.63) is 120 Å². The van der Waals surface area contributed by atoms with E-state index in [0.29, 0.717) is 47.3 Å². The molecule has 6 rings (SSSR count). The van der Waals surface area contributed by atoms with Crippen LogP contribution in [0.15, 0.2) is 97.6 Å². The monoisotopic (exact) mass is 718 g/mol. The Kier molecular flexibility index (Phi) is 14.0. The average Bonchev–Trinajstić information content (AvgIpc) is 3.88. The van der Waals surface area contributed by atoms with Gasteiger partial charge in [0.25, 0.3) is 0 Å². The molecule has 0 N–H and O–H groups in total. The van der Waals surface area contributed by atoms with Crippen molar-refractivity contribution in [1.29, 1.82) is 0 Å². The van der Waals surface area contributed by atoms with Crippen LogP contribution in [-0.2, 0) is 13.2 Å². The van der Waals surface area contributed by atoms with Crippen LogP contribution in [-0.4, -0.2) is 56.3 Å². The number of hydrogen-bond donors (Lipinski definition) is 0. The third kappa shape index (κ3) is 9.53. The van der Waals surface area contributed by atoms with Gasteiger partial charge >= 0.3 is 0 Å². The van der Waals surface area contributed by atoms with Crippen LogP contribution in [0.25, 0.3) is 22.8 Å². The lowest BCUT2D eigenvalue weighted by atomic mass is 10.1. The number of rotatable bonds is 14. The van der Waals surface area contributed by atoms with Crippen LogP contribution in [0, 0.1) is 0 Å². The van der Waals surface area contributed by atoms with Gasteiger partial charge in [0, 0.05) is 48.0 Å². The number of ether oxygens (including phenoxy) is 4. The van der Waals surface area contributed by atoms with Crippen molar-refractivity contribution in [3.8, 4) is 45.8 Å². The molecule has 0 radical (unpaired) electrons. The van der Waals surface area contributed by atoms with Crippen molar-refractivity contribution in [1.82, 2.24) is 29.5 Å². The lowest BCUT2D eigenvalue weighted by molar-refractivity contribution is 0.111. The highest BCUT2D eigenvalue weighted by atomic mass is 16.5. The first-order chi connectivity index (χ1) is 25.3. The molecule has 0 atom stereocenters. The summed E-state index contributed by atoms with van der Waals surface area (Å²) >= 11 is 0. The van der Waals surface area contributed by atoms with Gasteiger partial charge in [0.1, 0.15) is 36.2 Å². The molecule has 0 saturated heterocycles. The number of nitrogens with zero attached hydrogens (tertiary/aromatic N) is 6. The van der Waals surface area contributed by atoms with Crippen LogP contribution in [0.2, 0.25) is 0 Å². The number of carbonyl (C=O) groups excluding carboxylic acids is 2. The molecular weight excluding hydrogens is 672 g/mol. The molecule has 0 unspecified atom stereocenters. The van der Waals surface area contributed by atoms with Crippen LogP contribution in [0.1, 0.15) is 79.0 Å². The maximum atomic E-state index is 11.3. The molecular formula is C41H46N6O6. The van der Waals surface area contributed by atoms with Gasteiger partial charge < -0.3 is 18.9 Å². The molecule has 4 aromatic heterocycles. The summed E-state index contributed by atoms with van der Waals surface area (Å²) in [5, 5.41) is 8.75. The number of pyridine rings is 2. The van der Waals surface area contributed by atoms with Gasteiger partial charge in [-0.2, -0.15) is 10.2 Å². The molecule has 6 aromatic rings. The Balaban J connectivity index is 0.000000232. The maximum Gasteiger partial charge on any atom is 0.153 e. The van der Waals surface area contributed by atoms with Gasteiger partial charge in [0.2, 0.25) is 0 Å². The van der Waals surface area contributed by atoms with E-state index in [1.165, 1.54) is 0 Å². The zero-order valence-electron chi connectivity index (χ0n) is 30.1. The maximum absolute atomic E-state index is 11.3. The van der Waals surface area contributed by atoms with E-state index in [2.05, 4.69) is 47.9 Å². The fourth-order valence-corrected chi connectivity index (χ4v) is 5.46. The lowest BCUT2D eigenvalue weighted by Crippen LogP contribution is -2.08.